The van der Waals surface area contributed by atoms with E-state index in [1.165, 1.54) is 60.7 Å². The number of carbonyl (C=O) groups is 2. The molecule has 0 fully saturated rings. The Balaban J connectivity index is 1.65. The quantitative estimate of drug-likeness (QED) is 0.0537. The van der Waals surface area contributed by atoms with Crippen LogP contribution in [-0.2, 0) is 6.42 Å². The fraction of sp³-hybridized carbons (Fsp3) is 0.200. The van der Waals surface area contributed by atoms with Gasteiger partial charge in [0.05, 0.1) is 5.56 Å². The number of ketones is 2. The SMILES string of the molecule is CC(C)=CCc1c(O)cc(C(=O)[C@H]2[C@@H](c3c(O)ccc(C(=O)/C=C/c4ccc(O)cc4)c3O)C=C(C)C[C@@H]2c2ccc(O)cc2O)cc1O. The number of hydrogen-bond acceptors (Lipinski definition) is 9. The van der Waals surface area contributed by atoms with Gasteiger partial charge in [-0.15, -0.1) is 0 Å². The molecular weight excluding hydrogens is 624 g/mol. The molecule has 5 rings (SSSR count). The standard InChI is InChI=1S/C40H38O9/c1-21(2)4-11-28-34(45)18-24(19-35(28)46)39(48)37-30(27-12-10-26(42)20-36(27)47)16-22(3)17-31(37)38-33(44)15-13-29(40(38)49)32(43)14-7-23-5-8-25(41)9-6-23/h4-10,12-15,17-20,30-31,37,41-42,44-47,49H,11,16H2,1-3H3/b14-7+/t30-,31+,37-/m1/s1. The first-order valence-electron chi connectivity index (χ1n) is 15.7. The van der Waals surface area contributed by atoms with Crippen LogP contribution in [-0.4, -0.2) is 47.3 Å². The molecule has 0 aliphatic heterocycles. The number of benzene rings is 4. The Morgan fingerprint density at radius 2 is 1.43 bits per heavy atom. The van der Waals surface area contributed by atoms with Gasteiger partial charge < -0.3 is 35.7 Å². The van der Waals surface area contributed by atoms with Crippen molar-refractivity contribution in [1.82, 2.24) is 0 Å². The van der Waals surface area contributed by atoms with Gasteiger partial charge in [-0.1, -0.05) is 47.6 Å². The molecule has 4 aromatic carbocycles. The van der Waals surface area contributed by atoms with Crippen LogP contribution in [0.15, 0.2) is 96.1 Å². The summed E-state index contributed by atoms with van der Waals surface area (Å²) >= 11 is 0. The Morgan fingerprint density at radius 3 is 2.06 bits per heavy atom. The predicted molar refractivity (Wildman–Crippen MR) is 186 cm³/mol. The van der Waals surface area contributed by atoms with Crippen LogP contribution in [0.1, 0.15) is 82.0 Å². The Labute approximate surface area is 283 Å². The minimum Gasteiger partial charge on any atom is -0.508 e. The Bertz CT molecular complexity index is 1990. The average Bonchev–Trinajstić information content (AvgIpc) is 3.03. The molecule has 0 amide bonds. The van der Waals surface area contributed by atoms with Gasteiger partial charge in [-0.3, -0.25) is 9.59 Å². The summed E-state index contributed by atoms with van der Waals surface area (Å²) in [7, 11) is 0. The van der Waals surface area contributed by atoms with E-state index < -0.39 is 35.1 Å². The normalized spacial score (nSPS) is 17.4. The Hall–Kier alpha value is -5.96. The topological polar surface area (TPSA) is 176 Å². The van der Waals surface area contributed by atoms with Crippen molar-refractivity contribution in [3.05, 3.63) is 129 Å². The van der Waals surface area contributed by atoms with E-state index in [2.05, 4.69) is 0 Å². The van der Waals surface area contributed by atoms with E-state index in [1.54, 1.807) is 25.1 Å². The van der Waals surface area contributed by atoms with Crippen LogP contribution >= 0.6 is 0 Å². The maximum atomic E-state index is 14.6. The van der Waals surface area contributed by atoms with Gasteiger partial charge in [0.2, 0.25) is 0 Å². The summed E-state index contributed by atoms with van der Waals surface area (Å²) in [6.45, 7) is 5.56. The molecule has 9 nitrogen and oxygen atoms in total. The zero-order valence-corrected chi connectivity index (χ0v) is 27.3. The van der Waals surface area contributed by atoms with Crippen molar-refractivity contribution in [3.8, 4) is 40.2 Å². The van der Waals surface area contributed by atoms with Gasteiger partial charge in [0.25, 0.3) is 0 Å². The summed E-state index contributed by atoms with van der Waals surface area (Å²) in [5.41, 5.74) is 2.66. The molecule has 49 heavy (non-hydrogen) atoms. The van der Waals surface area contributed by atoms with Crippen LogP contribution in [0.4, 0.5) is 0 Å². The number of carbonyl (C=O) groups excluding carboxylic acids is 2. The molecule has 1 aliphatic rings. The summed E-state index contributed by atoms with van der Waals surface area (Å²) in [5, 5.41) is 75.1. The van der Waals surface area contributed by atoms with Crippen LogP contribution in [0.25, 0.3) is 6.08 Å². The third kappa shape index (κ3) is 7.31. The smallest absolute Gasteiger partial charge is 0.189 e. The van der Waals surface area contributed by atoms with Crippen molar-refractivity contribution >= 4 is 17.6 Å². The van der Waals surface area contributed by atoms with Crippen molar-refractivity contribution in [2.45, 2.75) is 45.4 Å². The third-order valence-electron chi connectivity index (χ3n) is 8.86. The van der Waals surface area contributed by atoms with Crippen molar-refractivity contribution in [2.75, 3.05) is 0 Å². The molecule has 0 heterocycles. The fourth-order valence-electron chi connectivity index (χ4n) is 6.42. The summed E-state index contributed by atoms with van der Waals surface area (Å²) < 4.78 is 0. The largest absolute Gasteiger partial charge is 0.508 e. The number of rotatable bonds is 9. The second kappa shape index (κ2) is 14.0. The van der Waals surface area contributed by atoms with Gasteiger partial charge in [-0.2, -0.15) is 0 Å². The van der Waals surface area contributed by atoms with Gasteiger partial charge in [0.15, 0.2) is 11.6 Å². The molecule has 0 saturated carbocycles. The summed E-state index contributed by atoms with van der Waals surface area (Å²) in [6.07, 6.45) is 6.80. The van der Waals surface area contributed by atoms with Crippen molar-refractivity contribution in [3.63, 3.8) is 0 Å². The molecule has 0 radical (unpaired) electrons. The first-order valence-corrected chi connectivity index (χ1v) is 15.7. The van der Waals surface area contributed by atoms with Crippen LogP contribution < -0.4 is 0 Å². The minimum absolute atomic E-state index is 0.0368. The van der Waals surface area contributed by atoms with Crippen molar-refractivity contribution in [1.29, 1.82) is 0 Å². The van der Waals surface area contributed by atoms with E-state index in [0.717, 1.165) is 17.2 Å². The molecular formula is C40H38O9. The monoisotopic (exact) mass is 662 g/mol. The van der Waals surface area contributed by atoms with Crippen molar-refractivity contribution < 1.29 is 45.3 Å². The molecule has 3 atom stereocenters. The highest BCUT2D eigenvalue weighted by Gasteiger charge is 2.43. The maximum absolute atomic E-state index is 14.6. The Kier molecular flexibility index (Phi) is 9.84. The van der Waals surface area contributed by atoms with Gasteiger partial charge >= 0.3 is 0 Å². The summed E-state index contributed by atoms with van der Waals surface area (Å²) in [6, 6.07) is 15.2. The van der Waals surface area contributed by atoms with Gasteiger partial charge in [-0.25, -0.2) is 0 Å². The molecule has 252 valence electrons. The third-order valence-corrected chi connectivity index (χ3v) is 8.86. The lowest BCUT2D eigenvalue weighted by molar-refractivity contribution is 0.0878. The molecule has 7 N–H and O–H groups in total. The van der Waals surface area contributed by atoms with Crippen LogP contribution in [0.5, 0.6) is 40.2 Å². The lowest BCUT2D eigenvalue weighted by atomic mass is 9.65. The van der Waals surface area contributed by atoms with Crippen LogP contribution in [0.2, 0.25) is 0 Å². The highest BCUT2D eigenvalue weighted by Crippen LogP contribution is 2.53. The minimum atomic E-state index is -1.13. The predicted octanol–water partition coefficient (Wildman–Crippen LogP) is 7.75. The van der Waals surface area contributed by atoms with E-state index >= 15 is 0 Å². The number of phenolic OH excluding ortho intramolecular Hbond substituents is 7. The Morgan fingerprint density at radius 1 is 0.776 bits per heavy atom. The first kappa shape index (κ1) is 34.4. The highest BCUT2D eigenvalue weighted by atomic mass is 16.3. The number of allylic oxidation sites excluding steroid dienone is 5. The lowest BCUT2D eigenvalue weighted by Crippen LogP contribution is -2.31. The zero-order chi connectivity index (χ0) is 35.6. The zero-order valence-electron chi connectivity index (χ0n) is 27.3. The van der Waals surface area contributed by atoms with Gasteiger partial charge in [-0.05, 0) is 93.3 Å². The van der Waals surface area contributed by atoms with Crippen LogP contribution in [0, 0.1) is 5.92 Å². The first-order chi connectivity index (χ1) is 23.2. The molecule has 0 unspecified atom stereocenters. The van der Waals surface area contributed by atoms with Gasteiger partial charge in [0, 0.05) is 40.5 Å². The maximum Gasteiger partial charge on any atom is 0.189 e. The van der Waals surface area contributed by atoms with E-state index in [4.69, 9.17) is 0 Å². The molecule has 0 spiro atoms. The number of Topliss-reactive ketones (excluding diaryl/α,β-unsaturated/α-hetero) is 1. The van der Waals surface area contributed by atoms with E-state index in [0.29, 0.717) is 11.1 Å². The lowest BCUT2D eigenvalue weighted by Gasteiger charge is -2.37. The molecule has 0 saturated heterocycles. The number of phenols is 7. The second-order valence-corrected chi connectivity index (χ2v) is 12.6. The molecule has 9 heteroatoms. The average molecular weight is 663 g/mol. The van der Waals surface area contributed by atoms with Crippen LogP contribution in [0.3, 0.4) is 0 Å². The number of aromatic hydroxyl groups is 7. The second-order valence-electron chi connectivity index (χ2n) is 12.6. The molecule has 4 aromatic rings. The van der Waals surface area contributed by atoms with Gasteiger partial charge in [0.1, 0.15) is 40.2 Å². The summed E-state index contributed by atoms with van der Waals surface area (Å²) in [4.78, 5) is 27.9. The molecule has 1 aliphatic carbocycles. The molecule has 0 bridgehead atoms. The summed E-state index contributed by atoms with van der Waals surface area (Å²) in [5.74, 6) is -5.95. The number of hydrogen-bond donors (Lipinski definition) is 7. The van der Waals surface area contributed by atoms with E-state index in [1.807, 2.05) is 19.9 Å². The fourth-order valence-corrected chi connectivity index (χ4v) is 6.42. The molecule has 0 aromatic heterocycles. The van der Waals surface area contributed by atoms with Crippen molar-refractivity contribution in [2.24, 2.45) is 5.92 Å². The van der Waals surface area contributed by atoms with E-state index in [-0.39, 0.29) is 69.6 Å². The van der Waals surface area contributed by atoms with E-state index in [9.17, 15) is 45.3 Å². The highest BCUT2D eigenvalue weighted by molar-refractivity contribution is 6.09.